The molecule has 0 aliphatic carbocycles. The molecule has 1 amide bonds. The van der Waals surface area contributed by atoms with Crippen LogP contribution in [-0.2, 0) is 4.79 Å². The van der Waals surface area contributed by atoms with Gasteiger partial charge in [-0.25, -0.2) is 4.98 Å². The summed E-state index contributed by atoms with van der Waals surface area (Å²) < 4.78 is 11.0. The van der Waals surface area contributed by atoms with Gasteiger partial charge in [-0.05, 0) is 42.8 Å². The predicted octanol–water partition coefficient (Wildman–Crippen LogP) is 4.63. The van der Waals surface area contributed by atoms with Gasteiger partial charge in [0.15, 0.2) is 5.58 Å². The molecule has 1 N–H and O–H groups in total. The van der Waals surface area contributed by atoms with Crippen LogP contribution in [-0.4, -0.2) is 18.0 Å². The molecule has 0 aliphatic rings. The van der Waals surface area contributed by atoms with Gasteiger partial charge >= 0.3 is 0 Å². The summed E-state index contributed by atoms with van der Waals surface area (Å²) in [5.41, 5.74) is 3.00. The van der Waals surface area contributed by atoms with Crippen LogP contribution in [0.5, 0.6) is 5.75 Å². The molecule has 0 saturated heterocycles. The number of carbonyl (C=O) groups is 1. The van der Waals surface area contributed by atoms with E-state index < -0.39 is 0 Å². The van der Waals surface area contributed by atoms with Gasteiger partial charge in [0, 0.05) is 23.7 Å². The van der Waals surface area contributed by atoms with Crippen molar-refractivity contribution in [3.05, 3.63) is 42.5 Å². The van der Waals surface area contributed by atoms with E-state index in [1.54, 1.807) is 13.2 Å². The topological polar surface area (TPSA) is 64.4 Å². The SMILES string of the molecule is CCCCC(=O)Nc1ccc2nc(-c3ccc(OC)cc3)oc2c1. The number of oxazole rings is 1. The average molecular weight is 324 g/mol. The van der Waals surface area contributed by atoms with Gasteiger partial charge in [-0.1, -0.05) is 13.3 Å². The first-order chi connectivity index (χ1) is 11.7. The highest BCUT2D eigenvalue weighted by Crippen LogP contribution is 2.27. The molecule has 3 rings (SSSR count). The predicted molar refractivity (Wildman–Crippen MR) is 94.2 cm³/mol. The second kappa shape index (κ2) is 7.17. The molecule has 124 valence electrons. The van der Waals surface area contributed by atoms with Crippen LogP contribution in [0.15, 0.2) is 46.9 Å². The van der Waals surface area contributed by atoms with Crippen molar-refractivity contribution in [1.29, 1.82) is 0 Å². The number of hydrogen-bond acceptors (Lipinski definition) is 4. The van der Waals surface area contributed by atoms with Crippen LogP contribution < -0.4 is 10.1 Å². The fourth-order valence-electron chi connectivity index (χ4n) is 2.42. The number of hydrogen-bond donors (Lipinski definition) is 1. The van der Waals surface area contributed by atoms with Gasteiger partial charge in [0.1, 0.15) is 11.3 Å². The minimum Gasteiger partial charge on any atom is -0.497 e. The van der Waals surface area contributed by atoms with E-state index in [9.17, 15) is 4.79 Å². The van der Waals surface area contributed by atoms with Crippen molar-refractivity contribution < 1.29 is 13.9 Å². The van der Waals surface area contributed by atoms with Crippen LogP contribution in [0.2, 0.25) is 0 Å². The van der Waals surface area contributed by atoms with Gasteiger partial charge in [0.05, 0.1) is 7.11 Å². The number of benzene rings is 2. The Morgan fingerprint density at radius 3 is 2.71 bits per heavy atom. The Bertz CT molecular complexity index is 837. The van der Waals surface area contributed by atoms with Gasteiger partial charge in [-0.3, -0.25) is 4.79 Å². The summed E-state index contributed by atoms with van der Waals surface area (Å²) >= 11 is 0. The van der Waals surface area contributed by atoms with Gasteiger partial charge in [0.2, 0.25) is 11.8 Å². The van der Waals surface area contributed by atoms with Gasteiger partial charge in [-0.2, -0.15) is 0 Å². The van der Waals surface area contributed by atoms with E-state index in [0.717, 1.165) is 35.4 Å². The molecule has 24 heavy (non-hydrogen) atoms. The lowest BCUT2D eigenvalue weighted by Crippen LogP contribution is -2.10. The number of amides is 1. The minimum absolute atomic E-state index is 0.0195. The minimum atomic E-state index is 0.0195. The number of anilines is 1. The smallest absolute Gasteiger partial charge is 0.227 e. The standard InChI is InChI=1S/C19H20N2O3/c1-3-4-5-18(22)20-14-8-11-16-17(12-14)24-19(21-16)13-6-9-15(23-2)10-7-13/h6-12H,3-5H2,1-2H3,(H,20,22). The third-order valence-electron chi connectivity index (χ3n) is 3.77. The van der Waals surface area contributed by atoms with E-state index >= 15 is 0 Å². The molecule has 5 heteroatoms. The lowest BCUT2D eigenvalue weighted by molar-refractivity contribution is -0.116. The first-order valence-corrected chi connectivity index (χ1v) is 8.04. The zero-order valence-corrected chi connectivity index (χ0v) is 13.8. The second-order valence-corrected chi connectivity index (χ2v) is 5.58. The van der Waals surface area contributed by atoms with Gasteiger partial charge < -0.3 is 14.5 Å². The monoisotopic (exact) mass is 324 g/mol. The highest BCUT2D eigenvalue weighted by Gasteiger charge is 2.10. The molecule has 5 nitrogen and oxygen atoms in total. The summed E-state index contributed by atoms with van der Waals surface area (Å²) in [7, 11) is 1.63. The lowest BCUT2D eigenvalue weighted by atomic mass is 10.2. The highest BCUT2D eigenvalue weighted by molar-refractivity contribution is 5.92. The maximum atomic E-state index is 11.8. The molecule has 0 radical (unpaired) electrons. The summed E-state index contributed by atoms with van der Waals surface area (Å²) in [4.78, 5) is 16.3. The van der Waals surface area contributed by atoms with Crippen LogP contribution in [0, 0.1) is 0 Å². The van der Waals surface area contributed by atoms with Crippen molar-refractivity contribution >= 4 is 22.7 Å². The lowest BCUT2D eigenvalue weighted by Gasteiger charge is -2.03. The zero-order valence-electron chi connectivity index (χ0n) is 13.8. The van der Waals surface area contributed by atoms with E-state index in [4.69, 9.17) is 9.15 Å². The highest BCUT2D eigenvalue weighted by atomic mass is 16.5. The Morgan fingerprint density at radius 1 is 1.21 bits per heavy atom. The molecular formula is C19H20N2O3. The number of methoxy groups -OCH3 is 1. The summed E-state index contributed by atoms with van der Waals surface area (Å²) in [6.07, 6.45) is 2.42. The largest absolute Gasteiger partial charge is 0.497 e. The number of rotatable bonds is 6. The van der Waals surface area contributed by atoms with E-state index in [-0.39, 0.29) is 5.91 Å². The molecule has 0 fully saturated rings. The van der Waals surface area contributed by atoms with E-state index in [2.05, 4.69) is 17.2 Å². The van der Waals surface area contributed by atoms with Crippen molar-refractivity contribution in [3.63, 3.8) is 0 Å². The summed E-state index contributed by atoms with van der Waals surface area (Å²) in [6.45, 7) is 2.06. The summed E-state index contributed by atoms with van der Waals surface area (Å²) in [5, 5.41) is 2.89. The fourth-order valence-corrected chi connectivity index (χ4v) is 2.42. The molecule has 0 aliphatic heterocycles. The molecule has 0 spiro atoms. The summed E-state index contributed by atoms with van der Waals surface area (Å²) in [6, 6.07) is 13.0. The van der Waals surface area contributed by atoms with E-state index in [1.165, 1.54) is 0 Å². The van der Waals surface area contributed by atoms with Gasteiger partial charge in [0.25, 0.3) is 0 Å². The Morgan fingerprint density at radius 2 is 2.00 bits per heavy atom. The van der Waals surface area contributed by atoms with Crippen molar-refractivity contribution in [2.75, 3.05) is 12.4 Å². The number of aromatic nitrogens is 1. The second-order valence-electron chi connectivity index (χ2n) is 5.58. The van der Waals surface area contributed by atoms with E-state index in [0.29, 0.717) is 17.9 Å². The fraction of sp³-hybridized carbons (Fsp3) is 0.263. The molecule has 0 atom stereocenters. The first kappa shape index (κ1) is 16.1. The first-order valence-electron chi connectivity index (χ1n) is 8.04. The molecule has 1 heterocycles. The van der Waals surface area contributed by atoms with E-state index in [1.807, 2.05) is 36.4 Å². The van der Waals surface area contributed by atoms with Crippen LogP contribution in [0.1, 0.15) is 26.2 Å². The number of nitrogens with zero attached hydrogens (tertiary/aromatic N) is 1. The molecule has 3 aromatic rings. The number of ether oxygens (including phenoxy) is 1. The van der Waals surface area contributed by atoms with Crippen LogP contribution in [0.25, 0.3) is 22.6 Å². The van der Waals surface area contributed by atoms with Crippen LogP contribution in [0.3, 0.4) is 0 Å². The Kier molecular flexibility index (Phi) is 4.79. The maximum Gasteiger partial charge on any atom is 0.227 e. The summed E-state index contributed by atoms with van der Waals surface area (Å²) in [5.74, 6) is 1.35. The van der Waals surface area contributed by atoms with Crippen molar-refractivity contribution in [2.24, 2.45) is 0 Å². The Hall–Kier alpha value is -2.82. The molecule has 0 unspecified atom stereocenters. The molecule has 0 bridgehead atoms. The third-order valence-corrected chi connectivity index (χ3v) is 3.77. The van der Waals surface area contributed by atoms with Crippen molar-refractivity contribution in [1.82, 2.24) is 4.98 Å². The van der Waals surface area contributed by atoms with Gasteiger partial charge in [-0.15, -0.1) is 0 Å². The van der Waals surface area contributed by atoms with Crippen LogP contribution >= 0.6 is 0 Å². The number of fused-ring (bicyclic) bond motifs is 1. The Labute approximate surface area is 140 Å². The van der Waals surface area contributed by atoms with Crippen LogP contribution in [0.4, 0.5) is 5.69 Å². The average Bonchev–Trinajstić information content (AvgIpc) is 3.03. The Balaban J connectivity index is 1.81. The zero-order chi connectivity index (χ0) is 16.9. The van der Waals surface area contributed by atoms with Crippen molar-refractivity contribution in [3.8, 4) is 17.2 Å². The maximum absolute atomic E-state index is 11.8. The molecule has 1 aromatic heterocycles. The molecule has 2 aromatic carbocycles. The normalized spacial score (nSPS) is 10.8. The number of carbonyl (C=O) groups excluding carboxylic acids is 1. The third kappa shape index (κ3) is 3.56. The molecular weight excluding hydrogens is 304 g/mol. The number of unbranched alkanes of at least 4 members (excludes halogenated alkanes) is 1. The molecule has 0 saturated carbocycles. The quantitative estimate of drug-likeness (QED) is 0.718. The number of nitrogens with one attached hydrogen (secondary N) is 1. The van der Waals surface area contributed by atoms with Crippen molar-refractivity contribution in [2.45, 2.75) is 26.2 Å².